The molecule has 64 heavy (non-hydrogen) atoms. The van der Waals surface area contributed by atoms with E-state index in [4.69, 9.17) is 28.4 Å². The number of rotatable bonds is 9. The number of aliphatic hydroxyl groups is 11. The van der Waals surface area contributed by atoms with Crippen molar-refractivity contribution in [2.75, 3.05) is 26.4 Å². The summed E-state index contributed by atoms with van der Waals surface area (Å²) in [7, 11) is 0. The summed E-state index contributed by atoms with van der Waals surface area (Å²) in [6.07, 6.45) is -12.5. The molecule has 11 N–H and O–H groups in total. The average Bonchev–Trinajstić information content (AvgIpc) is 3.24. The van der Waals surface area contributed by atoms with Crippen LogP contribution < -0.4 is 0 Å². The Morgan fingerprint density at radius 1 is 0.688 bits per heavy atom. The molecule has 0 spiro atoms. The van der Waals surface area contributed by atoms with E-state index in [-0.39, 0.29) is 46.7 Å². The number of ether oxygens (including phenoxy) is 6. The smallest absolute Gasteiger partial charge is 0.187 e. The predicted octanol–water partition coefficient (Wildman–Crippen LogP) is 0.144. The number of aliphatic hydroxyl groups excluding tert-OH is 11. The van der Waals surface area contributed by atoms with Gasteiger partial charge in [-0.3, -0.25) is 0 Å². The molecule has 6 fully saturated rings. The maximum Gasteiger partial charge on any atom is 0.187 e. The summed E-state index contributed by atoms with van der Waals surface area (Å²) in [5, 5.41) is 120. The van der Waals surface area contributed by atoms with Gasteiger partial charge in [-0.2, -0.15) is 0 Å². The summed E-state index contributed by atoms with van der Waals surface area (Å²) in [5.74, 6) is 0.0538. The van der Waals surface area contributed by atoms with Gasteiger partial charge in [-0.05, 0) is 91.9 Å². The van der Waals surface area contributed by atoms with Crippen molar-refractivity contribution < 1.29 is 84.6 Å². The Morgan fingerprint density at radius 3 is 2.06 bits per heavy atom. The molecule has 23 atom stereocenters. The SMILES string of the molecule is CC1OC(OC2CCC3(C)C(CCC4(C)C3C=CC3=C5CC(C)(C)CCC5(CO)C(O)CC34C)C2(C)CO)C(O)C(OC2OC(CO)C(O)C(O)C2OC2OCC(O)C(O)C2O)C1O. The van der Waals surface area contributed by atoms with Crippen LogP contribution in [0.5, 0.6) is 0 Å². The normalized spacial score (nSPS) is 55.0. The Bertz CT molecular complexity index is 1760. The van der Waals surface area contributed by atoms with Crippen LogP contribution in [0.2, 0.25) is 0 Å². The fourth-order valence-corrected chi connectivity index (χ4v) is 14.2. The molecule has 17 nitrogen and oxygen atoms in total. The van der Waals surface area contributed by atoms with Crippen molar-refractivity contribution in [3.8, 4) is 0 Å². The molecular formula is C47H76O17. The van der Waals surface area contributed by atoms with E-state index in [9.17, 15) is 56.2 Å². The van der Waals surface area contributed by atoms with Gasteiger partial charge in [-0.25, -0.2) is 0 Å². The molecule has 8 aliphatic rings. The Morgan fingerprint density at radius 2 is 1.39 bits per heavy atom. The van der Waals surface area contributed by atoms with Crippen LogP contribution in [0.25, 0.3) is 0 Å². The molecule has 3 aliphatic heterocycles. The van der Waals surface area contributed by atoms with E-state index in [0.29, 0.717) is 12.8 Å². The lowest BCUT2D eigenvalue weighted by Crippen LogP contribution is -2.67. The first-order chi connectivity index (χ1) is 30.0. The maximum absolute atomic E-state index is 12.1. The molecule has 3 saturated heterocycles. The van der Waals surface area contributed by atoms with Gasteiger partial charge >= 0.3 is 0 Å². The van der Waals surface area contributed by atoms with Crippen LogP contribution in [-0.2, 0) is 28.4 Å². The van der Waals surface area contributed by atoms with Crippen molar-refractivity contribution in [2.24, 2.45) is 44.3 Å². The highest BCUT2D eigenvalue weighted by Gasteiger charge is 2.69. The average molecular weight is 913 g/mol. The van der Waals surface area contributed by atoms with Crippen molar-refractivity contribution >= 4 is 0 Å². The van der Waals surface area contributed by atoms with E-state index >= 15 is 0 Å². The Hall–Kier alpha value is -1.20. The molecule has 17 heteroatoms. The highest BCUT2D eigenvalue weighted by molar-refractivity contribution is 5.47. The van der Waals surface area contributed by atoms with Crippen molar-refractivity contribution in [2.45, 2.75) is 198 Å². The molecule has 366 valence electrons. The van der Waals surface area contributed by atoms with Crippen LogP contribution in [-0.4, -0.2) is 181 Å². The summed E-state index contributed by atoms with van der Waals surface area (Å²) >= 11 is 0. The predicted molar refractivity (Wildman–Crippen MR) is 225 cm³/mol. The Labute approximate surface area is 376 Å². The highest BCUT2D eigenvalue weighted by Crippen LogP contribution is 2.74. The van der Waals surface area contributed by atoms with Crippen LogP contribution >= 0.6 is 0 Å². The van der Waals surface area contributed by atoms with Gasteiger partial charge in [-0.15, -0.1) is 0 Å². The lowest BCUT2D eigenvalue weighted by Gasteiger charge is -2.70. The van der Waals surface area contributed by atoms with Gasteiger partial charge in [-0.1, -0.05) is 59.3 Å². The minimum absolute atomic E-state index is 0.0346. The van der Waals surface area contributed by atoms with Gasteiger partial charge in [0.1, 0.15) is 61.0 Å². The van der Waals surface area contributed by atoms with E-state index in [2.05, 4.69) is 46.8 Å². The van der Waals surface area contributed by atoms with E-state index in [1.165, 1.54) is 11.1 Å². The number of allylic oxidation sites excluding steroid dienone is 3. The molecule has 0 radical (unpaired) electrons. The van der Waals surface area contributed by atoms with Gasteiger partial charge in [0.2, 0.25) is 0 Å². The zero-order chi connectivity index (χ0) is 46.7. The second-order valence-corrected chi connectivity index (χ2v) is 22.6. The van der Waals surface area contributed by atoms with Crippen LogP contribution in [0.3, 0.4) is 0 Å². The molecule has 8 rings (SSSR count). The van der Waals surface area contributed by atoms with Crippen molar-refractivity contribution in [1.82, 2.24) is 0 Å². The van der Waals surface area contributed by atoms with Gasteiger partial charge in [0.05, 0.1) is 44.7 Å². The summed E-state index contributed by atoms with van der Waals surface area (Å²) < 4.78 is 36.0. The lowest BCUT2D eigenvalue weighted by atomic mass is 9.35. The lowest BCUT2D eigenvalue weighted by molar-refractivity contribution is -0.386. The van der Waals surface area contributed by atoms with Crippen LogP contribution in [0.1, 0.15) is 99.8 Å². The maximum atomic E-state index is 12.1. The first-order valence-electron chi connectivity index (χ1n) is 23.6. The minimum Gasteiger partial charge on any atom is -0.396 e. The van der Waals surface area contributed by atoms with Crippen LogP contribution in [0.15, 0.2) is 23.3 Å². The van der Waals surface area contributed by atoms with Crippen LogP contribution in [0, 0.1) is 44.3 Å². The molecule has 0 aromatic carbocycles. The first kappa shape index (κ1) is 49.2. The van der Waals surface area contributed by atoms with Crippen molar-refractivity contribution in [1.29, 1.82) is 0 Å². The second kappa shape index (κ2) is 17.3. The third-order valence-electron chi connectivity index (χ3n) is 18.6. The third-order valence-corrected chi connectivity index (χ3v) is 18.6. The van der Waals surface area contributed by atoms with Gasteiger partial charge < -0.3 is 84.6 Å². The first-order valence-corrected chi connectivity index (χ1v) is 23.6. The molecule has 0 amide bonds. The highest BCUT2D eigenvalue weighted by atomic mass is 16.8. The van der Waals surface area contributed by atoms with E-state index in [1.54, 1.807) is 6.92 Å². The molecular weight excluding hydrogens is 837 g/mol. The molecule has 3 heterocycles. The second-order valence-electron chi connectivity index (χ2n) is 22.6. The zero-order valence-corrected chi connectivity index (χ0v) is 38.4. The fraction of sp³-hybridized carbons (Fsp3) is 0.915. The standard InChI is InChI=1S/C47H76O17/c1-22-31(53)37(63-41-38(34(56)33(55)26(18-48)61-41)64-39-35(57)32(54)25(51)19-59-39)36(58)40(60-22)62-30-11-12-43(4)27(44(30,5)20-49)10-13-45(6)28(43)9-8-23-24-16-42(2,3)14-15-47(24,21-50)29(52)17-46(23,45)7/h8-9,22,25-41,48-58H,10-21H2,1-7H3. The Kier molecular flexibility index (Phi) is 13.3. The van der Waals surface area contributed by atoms with E-state index in [1.807, 2.05) is 6.92 Å². The monoisotopic (exact) mass is 913 g/mol. The van der Waals surface area contributed by atoms with Gasteiger partial charge in [0.25, 0.3) is 0 Å². The van der Waals surface area contributed by atoms with Gasteiger partial charge in [0, 0.05) is 16.2 Å². The topological polar surface area (TPSA) is 278 Å². The van der Waals surface area contributed by atoms with Gasteiger partial charge in [0.15, 0.2) is 18.9 Å². The number of hydrogen-bond donors (Lipinski definition) is 11. The summed E-state index contributed by atoms with van der Waals surface area (Å²) in [6, 6.07) is 0. The molecule has 0 aromatic heterocycles. The molecule has 3 saturated carbocycles. The van der Waals surface area contributed by atoms with E-state index < -0.39 is 122 Å². The third kappa shape index (κ3) is 7.45. The number of hydrogen-bond acceptors (Lipinski definition) is 17. The molecule has 0 aromatic rings. The fourth-order valence-electron chi connectivity index (χ4n) is 14.2. The molecule has 0 bridgehead atoms. The largest absolute Gasteiger partial charge is 0.396 e. The zero-order valence-electron chi connectivity index (χ0n) is 38.4. The molecule has 5 aliphatic carbocycles. The van der Waals surface area contributed by atoms with E-state index in [0.717, 1.165) is 38.5 Å². The minimum atomic E-state index is -1.81. The van der Waals surface area contributed by atoms with Crippen molar-refractivity contribution in [3.05, 3.63) is 23.3 Å². The molecule has 23 unspecified atom stereocenters. The summed E-state index contributed by atoms with van der Waals surface area (Å²) in [6.45, 7) is 13.7. The van der Waals surface area contributed by atoms with Crippen LogP contribution in [0.4, 0.5) is 0 Å². The summed E-state index contributed by atoms with van der Waals surface area (Å²) in [5.41, 5.74) is 0.174. The quantitative estimate of drug-likeness (QED) is 0.137. The number of fused-ring (bicyclic) bond motifs is 6. The van der Waals surface area contributed by atoms with Crippen molar-refractivity contribution in [3.63, 3.8) is 0 Å². The Balaban J connectivity index is 1.04. The summed E-state index contributed by atoms with van der Waals surface area (Å²) in [4.78, 5) is 0.